The average molecular weight is 336 g/mol. The molecule has 0 aliphatic carbocycles. The number of hydrogen-bond acceptors (Lipinski definition) is 4. The summed E-state index contributed by atoms with van der Waals surface area (Å²) in [4.78, 5) is 14.6. The molecule has 1 N–H and O–H groups in total. The van der Waals surface area contributed by atoms with Gasteiger partial charge < -0.3 is 19.7 Å². The number of nitrogens with one attached hydrogen (secondary N) is 1. The van der Waals surface area contributed by atoms with Crippen LogP contribution in [-0.4, -0.2) is 65.3 Å². The van der Waals surface area contributed by atoms with E-state index in [1.54, 1.807) is 6.20 Å². The molecule has 2 fully saturated rings. The summed E-state index contributed by atoms with van der Waals surface area (Å²) in [7, 11) is 0. The van der Waals surface area contributed by atoms with E-state index in [1.165, 1.54) is 0 Å². The first-order valence-electron chi connectivity index (χ1n) is 8.97. The molecule has 0 spiro atoms. The van der Waals surface area contributed by atoms with E-state index in [1.807, 2.05) is 28.8 Å². The highest BCUT2D eigenvalue weighted by Crippen LogP contribution is 2.17. The fraction of sp³-hybridized carbons (Fsp3) is 0.765. The normalized spacial score (nSPS) is 24.9. The molecule has 0 aromatic carbocycles. The predicted molar refractivity (Wildman–Crippen MR) is 89.7 cm³/mol. The molecule has 134 valence electrons. The van der Waals surface area contributed by atoms with Crippen molar-refractivity contribution in [1.29, 1.82) is 0 Å². The van der Waals surface area contributed by atoms with Gasteiger partial charge in [0, 0.05) is 44.7 Å². The lowest BCUT2D eigenvalue weighted by molar-refractivity contribution is 0.0493. The quantitative estimate of drug-likeness (QED) is 0.822. The molecular weight excluding hydrogens is 308 g/mol. The maximum Gasteiger partial charge on any atom is 0.317 e. The van der Waals surface area contributed by atoms with Gasteiger partial charge in [-0.2, -0.15) is 5.10 Å². The van der Waals surface area contributed by atoms with Gasteiger partial charge in [0.1, 0.15) is 0 Å². The van der Waals surface area contributed by atoms with Crippen LogP contribution in [0.1, 0.15) is 32.6 Å². The number of aromatic nitrogens is 2. The van der Waals surface area contributed by atoms with Crippen LogP contribution in [0.4, 0.5) is 4.79 Å². The summed E-state index contributed by atoms with van der Waals surface area (Å²) in [6.45, 7) is 5.54. The Morgan fingerprint density at radius 1 is 1.29 bits per heavy atom. The van der Waals surface area contributed by atoms with Crippen molar-refractivity contribution < 1.29 is 14.3 Å². The van der Waals surface area contributed by atoms with Gasteiger partial charge in [0.25, 0.3) is 0 Å². The molecule has 2 amide bonds. The van der Waals surface area contributed by atoms with Crippen molar-refractivity contribution in [2.24, 2.45) is 0 Å². The van der Waals surface area contributed by atoms with Crippen LogP contribution in [0.3, 0.4) is 0 Å². The Balaban J connectivity index is 1.54. The lowest BCUT2D eigenvalue weighted by Crippen LogP contribution is -2.50. The average Bonchev–Trinajstić information content (AvgIpc) is 3.30. The highest BCUT2D eigenvalue weighted by atomic mass is 16.5. The summed E-state index contributed by atoms with van der Waals surface area (Å²) < 4.78 is 13.3. The van der Waals surface area contributed by atoms with Crippen molar-refractivity contribution in [1.82, 2.24) is 20.0 Å². The van der Waals surface area contributed by atoms with Crippen molar-refractivity contribution in [2.45, 2.75) is 57.4 Å². The summed E-state index contributed by atoms with van der Waals surface area (Å²) >= 11 is 0. The summed E-state index contributed by atoms with van der Waals surface area (Å²) in [6.07, 6.45) is 8.16. The highest BCUT2D eigenvalue weighted by molar-refractivity contribution is 5.74. The van der Waals surface area contributed by atoms with Gasteiger partial charge in [-0.15, -0.1) is 0 Å². The van der Waals surface area contributed by atoms with E-state index >= 15 is 0 Å². The first-order valence-corrected chi connectivity index (χ1v) is 8.97. The summed E-state index contributed by atoms with van der Waals surface area (Å²) in [5.41, 5.74) is 0. The fourth-order valence-corrected chi connectivity index (χ4v) is 3.35. The number of carbonyl (C=O) groups excluding carboxylic acids is 1. The second-order valence-corrected chi connectivity index (χ2v) is 6.75. The van der Waals surface area contributed by atoms with Crippen molar-refractivity contribution in [3.8, 4) is 0 Å². The molecular formula is C17H28N4O3. The Labute approximate surface area is 143 Å². The minimum atomic E-state index is -0.0411. The molecule has 2 aliphatic heterocycles. The topological polar surface area (TPSA) is 68.6 Å². The molecule has 0 saturated carbocycles. The molecule has 1 aromatic rings. The van der Waals surface area contributed by atoms with Crippen LogP contribution in [0.25, 0.3) is 0 Å². The van der Waals surface area contributed by atoms with Crippen molar-refractivity contribution in [2.75, 3.05) is 26.3 Å². The third kappa shape index (κ3) is 4.95. The van der Waals surface area contributed by atoms with Gasteiger partial charge >= 0.3 is 6.03 Å². The lowest BCUT2D eigenvalue weighted by Gasteiger charge is -2.29. The molecule has 7 heteroatoms. The second kappa shape index (κ2) is 8.48. The monoisotopic (exact) mass is 336 g/mol. The zero-order chi connectivity index (χ0) is 16.8. The van der Waals surface area contributed by atoms with Crippen LogP contribution in [-0.2, 0) is 16.0 Å². The number of urea groups is 1. The summed E-state index contributed by atoms with van der Waals surface area (Å²) in [5.74, 6) is 0. The van der Waals surface area contributed by atoms with Gasteiger partial charge in [-0.05, 0) is 38.7 Å². The van der Waals surface area contributed by atoms with E-state index in [0.717, 1.165) is 38.9 Å². The highest BCUT2D eigenvalue weighted by Gasteiger charge is 2.27. The number of ether oxygens (including phenoxy) is 2. The first kappa shape index (κ1) is 17.2. The van der Waals surface area contributed by atoms with Crippen molar-refractivity contribution >= 4 is 6.03 Å². The molecule has 0 radical (unpaired) electrons. The first-order chi connectivity index (χ1) is 11.7. The molecule has 2 aliphatic rings. The van der Waals surface area contributed by atoms with E-state index in [0.29, 0.717) is 19.6 Å². The largest absolute Gasteiger partial charge is 0.376 e. The second-order valence-electron chi connectivity index (χ2n) is 6.75. The summed E-state index contributed by atoms with van der Waals surface area (Å²) in [5, 5.41) is 7.27. The third-order valence-corrected chi connectivity index (χ3v) is 4.57. The van der Waals surface area contributed by atoms with Crippen LogP contribution in [0.5, 0.6) is 0 Å². The zero-order valence-corrected chi connectivity index (χ0v) is 14.4. The predicted octanol–water partition coefficient (Wildman–Crippen LogP) is 1.64. The SMILES string of the molecule is CC(Cn1cccn1)NC(=O)N(CC1CCCO1)CC1CCCO1. The molecule has 3 unspecified atom stereocenters. The Morgan fingerprint density at radius 3 is 2.46 bits per heavy atom. The molecule has 24 heavy (non-hydrogen) atoms. The molecule has 3 heterocycles. The van der Waals surface area contributed by atoms with E-state index < -0.39 is 0 Å². The van der Waals surface area contributed by atoms with Gasteiger partial charge in [-0.3, -0.25) is 4.68 Å². The maximum absolute atomic E-state index is 12.7. The molecule has 3 atom stereocenters. The van der Waals surface area contributed by atoms with E-state index in [4.69, 9.17) is 9.47 Å². The lowest BCUT2D eigenvalue weighted by atomic mass is 10.2. The summed E-state index contributed by atoms with van der Waals surface area (Å²) in [6, 6.07) is 1.85. The van der Waals surface area contributed by atoms with E-state index in [-0.39, 0.29) is 24.3 Å². The Morgan fingerprint density at radius 2 is 1.96 bits per heavy atom. The Hall–Kier alpha value is -1.60. The van der Waals surface area contributed by atoms with E-state index in [9.17, 15) is 4.79 Å². The number of hydrogen-bond donors (Lipinski definition) is 1. The number of nitrogens with zero attached hydrogens (tertiary/aromatic N) is 3. The van der Waals surface area contributed by atoms with Crippen LogP contribution in [0.2, 0.25) is 0 Å². The van der Waals surface area contributed by atoms with Gasteiger partial charge in [0.2, 0.25) is 0 Å². The third-order valence-electron chi connectivity index (χ3n) is 4.57. The Kier molecular flexibility index (Phi) is 6.09. The minimum Gasteiger partial charge on any atom is -0.376 e. The van der Waals surface area contributed by atoms with Crippen LogP contribution < -0.4 is 5.32 Å². The van der Waals surface area contributed by atoms with Gasteiger partial charge in [-0.25, -0.2) is 4.79 Å². The standard InChI is InChI=1S/C17H28N4O3/c1-14(11-21-8-4-7-18-21)19-17(22)20(12-15-5-2-9-23-15)13-16-6-3-10-24-16/h4,7-8,14-16H,2-3,5-6,9-13H2,1H3,(H,19,22). The molecule has 1 aromatic heterocycles. The van der Waals surface area contributed by atoms with E-state index in [2.05, 4.69) is 10.4 Å². The molecule has 7 nitrogen and oxygen atoms in total. The van der Waals surface area contributed by atoms with Gasteiger partial charge in [0.05, 0.1) is 18.8 Å². The smallest absolute Gasteiger partial charge is 0.317 e. The number of carbonyl (C=O) groups is 1. The zero-order valence-electron chi connectivity index (χ0n) is 14.4. The maximum atomic E-state index is 12.7. The molecule has 2 saturated heterocycles. The molecule has 3 rings (SSSR count). The number of rotatable bonds is 7. The minimum absolute atomic E-state index is 0.00823. The fourth-order valence-electron chi connectivity index (χ4n) is 3.35. The van der Waals surface area contributed by atoms with Gasteiger partial charge in [-0.1, -0.05) is 0 Å². The van der Waals surface area contributed by atoms with Crippen LogP contribution in [0.15, 0.2) is 18.5 Å². The van der Waals surface area contributed by atoms with Gasteiger partial charge in [0.15, 0.2) is 0 Å². The Bertz CT molecular complexity index is 478. The molecule has 0 bridgehead atoms. The van der Waals surface area contributed by atoms with Crippen molar-refractivity contribution in [3.05, 3.63) is 18.5 Å². The number of amides is 2. The van der Waals surface area contributed by atoms with Crippen LogP contribution >= 0.6 is 0 Å². The van der Waals surface area contributed by atoms with Crippen molar-refractivity contribution in [3.63, 3.8) is 0 Å². The van der Waals surface area contributed by atoms with Crippen LogP contribution in [0, 0.1) is 0 Å².